The minimum Gasteiger partial charge on any atom is -0.378 e. The van der Waals surface area contributed by atoms with Gasteiger partial charge in [0.1, 0.15) is 19.3 Å². The maximum atomic E-state index is 13.6. The van der Waals surface area contributed by atoms with Gasteiger partial charge in [-0.15, -0.1) is 0 Å². The minimum atomic E-state index is -0.898. The van der Waals surface area contributed by atoms with Gasteiger partial charge in [-0.05, 0) is 63.7 Å². The highest BCUT2D eigenvalue weighted by molar-refractivity contribution is 7.98. The van der Waals surface area contributed by atoms with Crippen molar-refractivity contribution in [2.45, 2.75) is 117 Å². The fourth-order valence-electron chi connectivity index (χ4n) is 7.12. The summed E-state index contributed by atoms with van der Waals surface area (Å²) >= 11 is 1.37. The summed E-state index contributed by atoms with van der Waals surface area (Å²) in [6, 6.07) is 3.36. The highest BCUT2D eigenvalue weighted by atomic mass is 32.2. The number of nitrogens with zero attached hydrogens (tertiary/aromatic N) is 1. The molecule has 5 amide bonds. The normalized spacial score (nSPS) is 15.4. The van der Waals surface area contributed by atoms with E-state index in [9.17, 15) is 43.2 Å². The summed E-state index contributed by atoms with van der Waals surface area (Å²) in [6.07, 6.45) is 3.13. The molecule has 0 unspecified atom stereocenters. The molecule has 0 saturated carbocycles. The number of carbonyl (C=O) groups is 9. The second-order valence-electron chi connectivity index (χ2n) is 16.6. The van der Waals surface area contributed by atoms with Crippen LogP contribution in [0.15, 0.2) is 24.3 Å². The third-order valence-corrected chi connectivity index (χ3v) is 11.2. The summed E-state index contributed by atoms with van der Waals surface area (Å²) in [5.74, 6) is -3.33. The number of thioether (sulfide) groups is 1. The number of nitrogens with two attached hydrogens (primary N) is 1. The fourth-order valence-corrected chi connectivity index (χ4v) is 7.72. The molecule has 0 aliphatic carbocycles. The lowest BCUT2D eigenvalue weighted by molar-refractivity contribution is -0.142. The molecular formula is C46H72N6O12S. The first-order valence-electron chi connectivity index (χ1n) is 22.6. The molecule has 1 aromatic carbocycles. The number of ether oxygens (including phenoxy) is 3. The van der Waals surface area contributed by atoms with E-state index in [0.29, 0.717) is 56.8 Å². The van der Waals surface area contributed by atoms with Gasteiger partial charge in [-0.3, -0.25) is 43.2 Å². The van der Waals surface area contributed by atoms with Gasteiger partial charge in [-0.25, -0.2) is 0 Å². The van der Waals surface area contributed by atoms with Gasteiger partial charge < -0.3 is 46.1 Å². The zero-order chi connectivity index (χ0) is 48.3. The van der Waals surface area contributed by atoms with Crippen LogP contribution in [0.5, 0.6) is 0 Å². The molecule has 1 aromatic rings. The van der Waals surface area contributed by atoms with Crippen molar-refractivity contribution in [1.29, 1.82) is 0 Å². The molecule has 364 valence electrons. The topological polar surface area (TPSA) is 259 Å². The molecule has 2 rings (SSSR count). The summed E-state index contributed by atoms with van der Waals surface area (Å²) in [5, 5.41) is 11.0. The van der Waals surface area contributed by atoms with Crippen LogP contribution in [0.2, 0.25) is 0 Å². The van der Waals surface area contributed by atoms with Gasteiger partial charge in [-0.1, -0.05) is 45.0 Å². The van der Waals surface area contributed by atoms with Gasteiger partial charge >= 0.3 is 0 Å². The predicted octanol–water partition coefficient (Wildman–Crippen LogP) is 1.72. The van der Waals surface area contributed by atoms with Crippen LogP contribution in [-0.4, -0.2) is 153 Å². The first kappa shape index (κ1) is 56.6. The number of nitrogens with one attached hydrogen (secondary N) is 4. The Morgan fingerprint density at radius 2 is 1.45 bits per heavy atom. The van der Waals surface area contributed by atoms with Crippen LogP contribution in [-0.2, 0) is 59.0 Å². The molecule has 1 heterocycles. The van der Waals surface area contributed by atoms with Crippen LogP contribution in [0.3, 0.4) is 0 Å². The maximum absolute atomic E-state index is 13.6. The average molecular weight is 933 g/mol. The average Bonchev–Trinajstić information content (AvgIpc) is 3.77. The van der Waals surface area contributed by atoms with E-state index in [2.05, 4.69) is 21.3 Å². The number of carbonyl (C=O) groups excluding carboxylic acids is 9. The Balaban J connectivity index is 1.92. The lowest BCUT2D eigenvalue weighted by Gasteiger charge is -2.27. The quantitative estimate of drug-likeness (QED) is 0.0488. The van der Waals surface area contributed by atoms with Crippen molar-refractivity contribution in [3.63, 3.8) is 0 Å². The van der Waals surface area contributed by atoms with E-state index in [1.807, 2.05) is 13.8 Å². The molecule has 5 atom stereocenters. The van der Waals surface area contributed by atoms with E-state index < -0.39 is 53.7 Å². The van der Waals surface area contributed by atoms with E-state index in [1.165, 1.54) is 23.6 Å². The Kier molecular flexibility index (Phi) is 27.3. The van der Waals surface area contributed by atoms with Crippen LogP contribution >= 0.6 is 11.8 Å². The summed E-state index contributed by atoms with van der Waals surface area (Å²) in [4.78, 5) is 118. The second kappa shape index (κ2) is 31.4. The zero-order valence-corrected chi connectivity index (χ0v) is 39.9. The maximum Gasteiger partial charge on any atom is 0.249 e. The molecule has 19 heteroatoms. The summed E-state index contributed by atoms with van der Waals surface area (Å²) in [7, 11) is 0. The van der Waals surface area contributed by atoms with E-state index in [1.54, 1.807) is 44.4 Å². The Labute approximate surface area is 387 Å². The molecule has 6 N–H and O–H groups in total. The minimum absolute atomic E-state index is 0.0205. The molecule has 0 bridgehead atoms. The third kappa shape index (κ3) is 22.0. The number of likely N-dealkylation sites (tertiary alicyclic amines) is 1. The molecular weight excluding hydrogens is 861 g/mol. The van der Waals surface area contributed by atoms with Crippen molar-refractivity contribution in [2.24, 2.45) is 17.6 Å². The van der Waals surface area contributed by atoms with Gasteiger partial charge in [-0.2, -0.15) is 11.8 Å². The second-order valence-corrected chi connectivity index (χ2v) is 17.5. The van der Waals surface area contributed by atoms with Crippen LogP contribution in [0.25, 0.3) is 0 Å². The van der Waals surface area contributed by atoms with Gasteiger partial charge in [0.15, 0.2) is 23.1 Å². The Morgan fingerprint density at radius 3 is 2.09 bits per heavy atom. The molecule has 1 saturated heterocycles. The molecule has 1 fully saturated rings. The highest BCUT2D eigenvalue weighted by Gasteiger charge is 2.36. The van der Waals surface area contributed by atoms with Crippen molar-refractivity contribution >= 4 is 64.4 Å². The highest BCUT2D eigenvalue weighted by Crippen LogP contribution is 2.20. The monoisotopic (exact) mass is 932 g/mol. The number of ketones is 4. The Morgan fingerprint density at radius 1 is 0.785 bits per heavy atom. The van der Waals surface area contributed by atoms with Crippen molar-refractivity contribution in [3.8, 4) is 0 Å². The number of amides is 5. The number of hydrogen-bond donors (Lipinski definition) is 5. The SMILES string of the molecule is CCNC(=O)[C@H](C)CC(=O)[C@H](CSC)NC(=O)CCC(=O)[C@H](CC(C)C)NC(=O)[C@@H]1CCCN1C(=O)COCCCC(=O)[C@H](Cc1ccc(C(C)=O)cc1)NC(=O)COCCOCCN. The van der Waals surface area contributed by atoms with Crippen molar-refractivity contribution in [2.75, 3.05) is 71.3 Å². The van der Waals surface area contributed by atoms with E-state index in [4.69, 9.17) is 19.9 Å². The van der Waals surface area contributed by atoms with Crippen LogP contribution in [0.4, 0.5) is 0 Å². The number of hydrogen-bond acceptors (Lipinski definition) is 14. The van der Waals surface area contributed by atoms with Gasteiger partial charge in [0.05, 0.1) is 37.9 Å². The molecule has 0 spiro atoms. The molecule has 0 radical (unpaired) electrons. The van der Waals surface area contributed by atoms with Crippen LogP contribution in [0, 0.1) is 11.8 Å². The van der Waals surface area contributed by atoms with Crippen LogP contribution < -0.4 is 27.0 Å². The Hall–Kier alpha value is -4.56. The zero-order valence-electron chi connectivity index (χ0n) is 39.0. The molecule has 0 aromatic heterocycles. The van der Waals surface area contributed by atoms with Crippen molar-refractivity contribution in [3.05, 3.63) is 35.4 Å². The molecule has 1 aliphatic rings. The summed E-state index contributed by atoms with van der Waals surface area (Å²) in [6.45, 7) is 10.1. The first-order valence-corrected chi connectivity index (χ1v) is 24.0. The molecule has 65 heavy (non-hydrogen) atoms. The van der Waals surface area contributed by atoms with Crippen LogP contribution in [0.1, 0.15) is 102 Å². The molecule has 1 aliphatic heterocycles. The number of rotatable bonds is 34. The van der Waals surface area contributed by atoms with Gasteiger partial charge in [0, 0.05) is 69.2 Å². The van der Waals surface area contributed by atoms with Crippen molar-refractivity contribution in [1.82, 2.24) is 26.2 Å². The first-order chi connectivity index (χ1) is 31.0. The van der Waals surface area contributed by atoms with E-state index in [0.717, 1.165) is 5.56 Å². The van der Waals surface area contributed by atoms with Crippen molar-refractivity contribution < 1.29 is 57.4 Å². The number of Topliss-reactive ketones (excluding diaryl/α,β-unsaturated/α-hetero) is 4. The summed E-state index contributed by atoms with van der Waals surface area (Å²) < 4.78 is 16.3. The lowest BCUT2D eigenvalue weighted by atomic mass is 9.96. The van der Waals surface area contributed by atoms with E-state index >= 15 is 0 Å². The largest absolute Gasteiger partial charge is 0.378 e. The standard InChI is InChI=1S/C46H72N6O12S/c1-7-48-45(60)31(4)25-41(56)37(29-65-6)50-42(57)17-16-40(55)35(24-30(2)3)51-46(61)38-10-8-19-52(38)44(59)28-63-20-9-11-39(54)36(26-33-12-14-34(15-13-33)32(5)53)49-43(58)27-64-23-22-62-21-18-47/h12-15,30-31,35-38H,7-11,16-29,47H2,1-6H3,(H,48,60)(H,49,58)(H,50,57)(H,51,61)/t31-,35+,36+,37+,38+/m1/s1. The van der Waals surface area contributed by atoms with E-state index in [-0.39, 0.29) is 107 Å². The lowest BCUT2D eigenvalue weighted by Crippen LogP contribution is -2.52. The van der Waals surface area contributed by atoms with Gasteiger partial charge in [0.25, 0.3) is 0 Å². The van der Waals surface area contributed by atoms with Gasteiger partial charge in [0.2, 0.25) is 29.5 Å². The summed E-state index contributed by atoms with van der Waals surface area (Å²) in [5.41, 5.74) is 6.66. The molecule has 18 nitrogen and oxygen atoms in total. The Bertz CT molecular complexity index is 1730. The smallest absolute Gasteiger partial charge is 0.249 e. The third-order valence-electron chi connectivity index (χ3n) is 10.6. The predicted molar refractivity (Wildman–Crippen MR) is 246 cm³/mol. The number of benzene rings is 1. The fraction of sp³-hybridized carbons (Fsp3) is 0.674.